The molecule has 2 aromatic rings. The average molecular weight is 451 g/mol. The zero-order valence-corrected chi connectivity index (χ0v) is 19.4. The second kappa shape index (κ2) is 11.4. The van der Waals surface area contributed by atoms with E-state index < -0.39 is 0 Å². The molecule has 7 nitrogen and oxygen atoms in total. The number of hydrogen-bond acceptors (Lipinski definition) is 5. The van der Waals surface area contributed by atoms with Crippen LogP contribution in [0.3, 0.4) is 0 Å². The van der Waals surface area contributed by atoms with E-state index >= 15 is 0 Å². The molecule has 0 radical (unpaired) electrons. The molecule has 2 amide bonds. The molecule has 0 spiro atoms. The van der Waals surface area contributed by atoms with Gasteiger partial charge in [0.1, 0.15) is 0 Å². The highest BCUT2D eigenvalue weighted by molar-refractivity contribution is 5.79. The molecule has 2 aromatic carbocycles. The van der Waals surface area contributed by atoms with Crippen molar-refractivity contribution in [2.45, 2.75) is 13.0 Å². The molecule has 1 N–H and O–H groups in total. The SMILES string of the molecule is C[C@@H](NCC(=O)N1CCN(CC(=O)N2CCOCC2)CC1)c1ccc(-c2ccccc2)cc1. The highest BCUT2D eigenvalue weighted by Crippen LogP contribution is 2.21. The van der Waals surface area contributed by atoms with Crippen LogP contribution in [0.5, 0.6) is 0 Å². The van der Waals surface area contributed by atoms with Gasteiger partial charge in [-0.3, -0.25) is 14.5 Å². The van der Waals surface area contributed by atoms with Crippen molar-refractivity contribution in [3.63, 3.8) is 0 Å². The maximum Gasteiger partial charge on any atom is 0.236 e. The smallest absolute Gasteiger partial charge is 0.236 e. The van der Waals surface area contributed by atoms with E-state index in [0.29, 0.717) is 52.5 Å². The van der Waals surface area contributed by atoms with Crippen molar-refractivity contribution in [3.8, 4) is 11.1 Å². The van der Waals surface area contributed by atoms with Gasteiger partial charge in [-0.2, -0.15) is 0 Å². The molecule has 2 fully saturated rings. The van der Waals surface area contributed by atoms with E-state index in [1.165, 1.54) is 11.1 Å². The number of amides is 2. The first-order valence-corrected chi connectivity index (χ1v) is 11.8. The van der Waals surface area contributed by atoms with Crippen LogP contribution >= 0.6 is 0 Å². The van der Waals surface area contributed by atoms with Crippen molar-refractivity contribution >= 4 is 11.8 Å². The number of rotatable bonds is 7. The van der Waals surface area contributed by atoms with Gasteiger partial charge in [-0.15, -0.1) is 0 Å². The van der Waals surface area contributed by atoms with Crippen LogP contribution in [0, 0.1) is 0 Å². The summed E-state index contributed by atoms with van der Waals surface area (Å²) in [6, 6.07) is 18.9. The summed E-state index contributed by atoms with van der Waals surface area (Å²) in [7, 11) is 0. The first-order chi connectivity index (χ1) is 16.1. The third kappa shape index (κ3) is 6.41. The van der Waals surface area contributed by atoms with Crippen LogP contribution in [0.1, 0.15) is 18.5 Å². The Morgan fingerprint density at radius 3 is 2.09 bits per heavy atom. The third-order valence-electron chi connectivity index (χ3n) is 6.52. The Bertz CT molecular complexity index is 905. The number of hydrogen-bond donors (Lipinski definition) is 1. The van der Waals surface area contributed by atoms with Crippen molar-refractivity contribution < 1.29 is 14.3 Å². The maximum absolute atomic E-state index is 12.7. The summed E-state index contributed by atoms with van der Waals surface area (Å²) in [5.41, 5.74) is 3.55. The van der Waals surface area contributed by atoms with E-state index in [-0.39, 0.29) is 17.9 Å². The van der Waals surface area contributed by atoms with Crippen LogP contribution in [-0.4, -0.2) is 92.1 Å². The summed E-state index contributed by atoms with van der Waals surface area (Å²) in [6.07, 6.45) is 0. The number of carbonyl (C=O) groups excluding carboxylic acids is 2. The lowest BCUT2D eigenvalue weighted by atomic mass is 10.0. The molecule has 0 bridgehead atoms. The van der Waals surface area contributed by atoms with Crippen molar-refractivity contribution in [1.82, 2.24) is 20.0 Å². The van der Waals surface area contributed by atoms with Gasteiger partial charge in [0.25, 0.3) is 0 Å². The summed E-state index contributed by atoms with van der Waals surface area (Å²) in [5, 5.41) is 3.36. The first kappa shape index (κ1) is 23.4. The van der Waals surface area contributed by atoms with Crippen LogP contribution in [0.4, 0.5) is 0 Å². The summed E-state index contributed by atoms with van der Waals surface area (Å²) in [4.78, 5) is 31.1. The number of carbonyl (C=O) groups is 2. The molecule has 0 saturated carbocycles. The Kier molecular flexibility index (Phi) is 8.10. The van der Waals surface area contributed by atoms with E-state index in [1.807, 2.05) is 28.0 Å². The van der Waals surface area contributed by atoms with Crippen LogP contribution in [0.2, 0.25) is 0 Å². The molecule has 176 valence electrons. The number of benzene rings is 2. The van der Waals surface area contributed by atoms with E-state index in [1.54, 1.807) is 0 Å². The Morgan fingerprint density at radius 2 is 1.42 bits per heavy atom. The van der Waals surface area contributed by atoms with Crippen molar-refractivity contribution in [2.24, 2.45) is 0 Å². The molecule has 2 heterocycles. The molecule has 1 atom stereocenters. The van der Waals surface area contributed by atoms with Gasteiger partial charge in [-0.05, 0) is 23.6 Å². The minimum atomic E-state index is 0.0891. The van der Waals surface area contributed by atoms with Gasteiger partial charge in [0, 0.05) is 45.3 Å². The second-order valence-electron chi connectivity index (χ2n) is 8.74. The first-order valence-electron chi connectivity index (χ1n) is 11.8. The highest BCUT2D eigenvalue weighted by atomic mass is 16.5. The molecule has 2 saturated heterocycles. The van der Waals surface area contributed by atoms with E-state index in [2.05, 4.69) is 53.5 Å². The summed E-state index contributed by atoms with van der Waals surface area (Å²) in [6.45, 7) is 8.22. The third-order valence-corrected chi connectivity index (χ3v) is 6.52. The molecule has 33 heavy (non-hydrogen) atoms. The number of piperazine rings is 1. The largest absolute Gasteiger partial charge is 0.378 e. The number of nitrogens with one attached hydrogen (secondary N) is 1. The van der Waals surface area contributed by atoms with Crippen molar-refractivity contribution in [3.05, 3.63) is 60.2 Å². The highest BCUT2D eigenvalue weighted by Gasteiger charge is 2.25. The van der Waals surface area contributed by atoms with E-state index in [0.717, 1.165) is 18.7 Å². The molecule has 0 unspecified atom stereocenters. The summed E-state index contributed by atoms with van der Waals surface area (Å²) < 4.78 is 5.31. The number of ether oxygens (including phenoxy) is 1. The fourth-order valence-corrected chi connectivity index (χ4v) is 4.32. The maximum atomic E-state index is 12.7. The molecular formula is C26H34N4O3. The molecule has 2 aliphatic heterocycles. The normalized spacial score (nSPS) is 18.2. The van der Waals surface area contributed by atoms with Crippen molar-refractivity contribution in [1.29, 1.82) is 0 Å². The van der Waals surface area contributed by atoms with Crippen LogP contribution in [0.25, 0.3) is 11.1 Å². The standard InChI is InChI=1S/C26H34N4O3/c1-21(22-7-9-24(10-8-22)23-5-3-2-4-6-23)27-19-25(31)29-13-11-28(12-14-29)20-26(32)30-15-17-33-18-16-30/h2-10,21,27H,11-20H2,1H3/t21-/m1/s1. The molecule has 0 aliphatic carbocycles. The fraction of sp³-hybridized carbons (Fsp3) is 0.462. The van der Waals surface area contributed by atoms with Gasteiger partial charge in [-0.25, -0.2) is 0 Å². The minimum absolute atomic E-state index is 0.0891. The predicted molar refractivity (Wildman–Crippen MR) is 129 cm³/mol. The Balaban J connectivity index is 1.19. The van der Waals surface area contributed by atoms with Gasteiger partial charge >= 0.3 is 0 Å². The van der Waals surface area contributed by atoms with Gasteiger partial charge in [0.2, 0.25) is 11.8 Å². The summed E-state index contributed by atoms with van der Waals surface area (Å²) in [5.74, 6) is 0.272. The minimum Gasteiger partial charge on any atom is -0.378 e. The van der Waals surface area contributed by atoms with Crippen LogP contribution in [-0.2, 0) is 14.3 Å². The quantitative estimate of drug-likeness (QED) is 0.699. The topological polar surface area (TPSA) is 65.1 Å². The van der Waals surface area contributed by atoms with E-state index in [9.17, 15) is 9.59 Å². The zero-order valence-electron chi connectivity index (χ0n) is 19.4. The lowest BCUT2D eigenvalue weighted by molar-refractivity contribution is -0.137. The van der Waals surface area contributed by atoms with E-state index in [4.69, 9.17) is 4.74 Å². The van der Waals surface area contributed by atoms with Crippen molar-refractivity contribution in [2.75, 3.05) is 65.6 Å². The lowest BCUT2D eigenvalue weighted by Gasteiger charge is -2.36. The monoisotopic (exact) mass is 450 g/mol. The van der Waals surface area contributed by atoms with Crippen LogP contribution in [0.15, 0.2) is 54.6 Å². The van der Waals surface area contributed by atoms with Gasteiger partial charge < -0.3 is 19.9 Å². The lowest BCUT2D eigenvalue weighted by Crippen LogP contribution is -2.53. The van der Waals surface area contributed by atoms with Gasteiger partial charge in [0.05, 0.1) is 26.3 Å². The molecular weight excluding hydrogens is 416 g/mol. The van der Waals surface area contributed by atoms with Gasteiger partial charge in [-0.1, -0.05) is 54.6 Å². The molecule has 7 heteroatoms. The van der Waals surface area contributed by atoms with Crippen LogP contribution < -0.4 is 5.32 Å². The molecule has 0 aromatic heterocycles. The van der Waals surface area contributed by atoms with Gasteiger partial charge in [0.15, 0.2) is 0 Å². The molecule has 4 rings (SSSR count). The number of nitrogens with zero attached hydrogens (tertiary/aromatic N) is 3. The Labute approximate surface area is 196 Å². The Hall–Kier alpha value is -2.74. The Morgan fingerprint density at radius 1 is 0.818 bits per heavy atom. The fourth-order valence-electron chi connectivity index (χ4n) is 4.32. The molecule has 2 aliphatic rings. The average Bonchev–Trinajstić information content (AvgIpc) is 2.88. The predicted octanol–water partition coefficient (Wildman–Crippen LogP) is 2.01. The number of morpholine rings is 1. The second-order valence-corrected chi connectivity index (χ2v) is 8.74. The summed E-state index contributed by atoms with van der Waals surface area (Å²) >= 11 is 0. The zero-order chi connectivity index (χ0) is 23.0.